The summed E-state index contributed by atoms with van der Waals surface area (Å²) in [4.78, 5) is 4.59. The molecule has 0 amide bonds. The standard InChI is InChI=1S/C18H20N2/c1-12-5-6-14-9-13(7-8-18(14)19-12)15-10-16-3-2-4-17(11-15)20-16/h5-10,16-17,20H,2-4,11H2,1H3. The summed E-state index contributed by atoms with van der Waals surface area (Å²) >= 11 is 0. The first-order valence-electron chi connectivity index (χ1n) is 7.62. The predicted octanol–water partition coefficient (Wildman–Crippen LogP) is 3.84. The van der Waals surface area contributed by atoms with E-state index in [1.807, 2.05) is 6.92 Å². The van der Waals surface area contributed by atoms with E-state index in [1.54, 1.807) is 0 Å². The Morgan fingerprint density at radius 2 is 2.10 bits per heavy atom. The van der Waals surface area contributed by atoms with Crippen LogP contribution in [0, 0.1) is 6.92 Å². The fraction of sp³-hybridized carbons (Fsp3) is 0.389. The van der Waals surface area contributed by atoms with E-state index in [4.69, 9.17) is 0 Å². The molecule has 0 radical (unpaired) electrons. The lowest BCUT2D eigenvalue weighted by molar-refractivity contribution is 0.348. The average Bonchev–Trinajstić information content (AvgIpc) is 2.46. The Bertz CT molecular complexity index is 687. The normalized spacial score (nSPS) is 25.6. The minimum atomic E-state index is 0.587. The highest BCUT2D eigenvalue weighted by Crippen LogP contribution is 2.32. The van der Waals surface area contributed by atoms with E-state index in [0.717, 1.165) is 11.2 Å². The largest absolute Gasteiger partial charge is 0.307 e. The van der Waals surface area contributed by atoms with Gasteiger partial charge in [-0.25, -0.2) is 0 Å². The number of hydrogen-bond donors (Lipinski definition) is 1. The van der Waals surface area contributed by atoms with Crippen LogP contribution in [0.1, 0.15) is 36.9 Å². The van der Waals surface area contributed by atoms with Crippen LogP contribution in [-0.4, -0.2) is 17.1 Å². The lowest BCUT2D eigenvalue weighted by Crippen LogP contribution is -2.44. The van der Waals surface area contributed by atoms with Gasteiger partial charge in [-0.3, -0.25) is 4.98 Å². The van der Waals surface area contributed by atoms with Crippen LogP contribution in [0.15, 0.2) is 36.4 Å². The average molecular weight is 264 g/mol. The van der Waals surface area contributed by atoms with Gasteiger partial charge in [0.2, 0.25) is 0 Å². The van der Waals surface area contributed by atoms with E-state index in [-0.39, 0.29) is 0 Å². The zero-order valence-electron chi connectivity index (χ0n) is 11.9. The van der Waals surface area contributed by atoms with Crippen molar-refractivity contribution in [3.8, 4) is 0 Å². The Kier molecular flexibility index (Phi) is 2.85. The van der Waals surface area contributed by atoms with Crippen LogP contribution in [0.4, 0.5) is 0 Å². The molecule has 4 rings (SSSR count). The molecule has 2 aromatic rings. The van der Waals surface area contributed by atoms with Gasteiger partial charge in [-0.05, 0) is 55.5 Å². The van der Waals surface area contributed by atoms with Gasteiger partial charge in [-0.2, -0.15) is 0 Å². The molecule has 0 aliphatic carbocycles. The first-order chi connectivity index (χ1) is 9.78. The van der Waals surface area contributed by atoms with Crippen molar-refractivity contribution in [1.29, 1.82) is 0 Å². The number of nitrogens with one attached hydrogen (secondary N) is 1. The number of piperidine rings is 1. The molecule has 2 unspecified atom stereocenters. The van der Waals surface area contributed by atoms with Gasteiger partial charge in [0.25, 0.3) is 0 Å². The fourth-order valence-corrected chi connectivity index (χ4v) is 3.56. The Hall–Kier alpha value is -1.67. The van der Waals surface area contributed by atoms with Crippen LogP contribution in [0.5, 0.6) is 0 Å². The first-order valence-corrected chi connectivity index (χ1v) is 7.62. The van der Waals surface area contributed by atoms with Crippen molar-refractivity contribution in [2.75, 3.05) is 0 Å². The van der Waals surface area contributed by atoms with Crippen molar-refractivity contribution in [1.82, 2.24) is 10.3 Å². The second-order valence-corrected chi connectivity index (χ2v) is 6.16. The summed E-state index contributed by atoms with van der Waals surface area (Å²) in [6.07, 6.45) is 7.59. The van der Waals surface area contributed by atoms with Gasteiger partial charge in [-0.1, -0.05) is 24.6 Å². The van der Waals surface area contributed by atoms with E-state index in [1.165, 1.54) is 42.2 Å². The Morgan fingerprint density at radius 1 is 1.15 bits per heavy atom. The lowest BCUT2D eigenvalue weighted by Gasteiger charge is -2.35. The number of benzene rings is 1. The van der Waals surface area contributed by atoms with Gasteiger partial charge in [0.1, 0.15) is 0 Å². The highest BCUT2D eigenvalue weighted by Gasteiger charge is 2.25. The molecule has 0 saturated carbocycles. The molecule has 2 heteroatoms. The lowest BCUT2D eigenvalue weighted by atomic mass is 9.84. The van der Waals surface area contributed by atoms with Crippen LogP contribution < -0.4 is 5.32 Å². The number of pyridine rings is 1. The molecule has 1 N–H and O–H groups in total. The molecule has 2 aliphatic rings. The minimum Gasteiger partial charge on any atom is -0.307 e. The maximum atomic E-state index is 4.59. The fourth-order valence-electron chi connectivity index (χ4n) is 3.56. The van der Waals surface area contributed by atoms with Gasteiger partial charge < -0.3 is 5.32 Å². The molecular weight excluding hydrogens is 244 g/mol. The highest BCUT2D eigenvalue weighted by atomic mass is 15.0. The summed E-state index contributed by atoms with van der Waals surface area (Å²) in [5.74, 6) is 0. The highest BCUT2D eigenvalue weighted by molar-refractivity contribution is 5.84. The molecular formula is C18H20N2. The monoisotopic (exact) mass is 264 g/mol. The molecule has 1 aromatic heterocycles. The Morgan fingerprint density at radius 3 is 3.00 bits per heavy atom. The topological polar surface area (TPSA) is 24.9 Å². The number of aryl methyl sites for hydroxylation is 1. The molecule has 1 saturated heterocycles. The number of fused-ring (bicyclic) bond motifs is 3. The maximum Gasteiger partial charge on any atom is 0.0705 e. The van der Waals surface area contributed by atoms with E-state index >= 15 is 0 Å². The summed E-state index contributed by atoms with van der Waals surface area (Å²) in [5, 5.41) is 4.96. The summed E-state index contributed by atoms with van der Waals surface area (Å²) in [7, 11) is 0. The Balaban J connectivity index is 1.75. The van der Waals surface area contributed by atoms with Gasteiger partial charge >= 0.3 is 0 Å². The molecule has 3 heterocycles. The van der Waals surface area contributed by atoms with Crippen molar-refractivity contribution in [2.45, 2.75) is 44.7 Å². The summed E-state index contributed by atoms with van der Waals surface area (Å²) in [5.41, 5.74) is 5.08. The van der Waals surface area contributed by atoms with Crippen molar-refractivity contribution in [3.63, 3.8) is 0 Å². The maximum absolute atomic E-state index is 4.59. The second kappa shape index (κ2) is 4.71. The summed E-state index contributed by atoms with van der Waals surface area (Å²) < 4.78 is 0. The van der Waals surface area contributed by atoms with Crippen molar-refractivity contribution in [3.05, 3.63) is 47.7 Å². The number of hydrogen-bond acceptors (Lipinski definition) is 2. The number of nitrogens with zero attached hydrogens (tertiary/aromatic N) is 1. The third kappa shape index (κ3) is 2.14. The van der Waals surface area contributed by atoms with E-state index in [9.17, 15) is 0 Å². The van der Waals surface area contributed by atoms with Crippen LogP contribution in [-0.2, 0) is 0 Å². The quantitative estimate of drug-likeness (QED) is 0.846. The molecule has 1 fully saturated rings. The first kappa shape index (κ1) is 12.1. The molecule has 2 atom stereocenters. The van der Waals surface area contributed by atoms with Crippen LogP contribution in [0.25, 0.3) is 16.5 Å². The zero-order chi connectivity index (χ0) is 13.5. The van der Waals surface area contributed by atoms with Crippen LogP contribution in [0.3, 0.4) is 0 Å². The smallest absolute Gasteiger partial charge is 0.0705 e. The van der Waals surface area contributed by atoms with Gasteiger partial charge in [-0.15, -0.1) is 0 Å². The van der Waals surface area contributed by atoms with E-state index < -0.39 is 0 Å². The molecule has 2 bridgehead atoms. The van der Waals surface area contributed by atoms with Gasteiger partial charge in [0, 0.05) is 23.2 Å². The third-order valence-electron chi connectivity index (χ3n) is 4.59. The van der Waals surface area contributed by atoms with Crippen LogP contribution in [0.2, 0.25) is 0 Å². The van der Waals surface area contributed by atoms with Crippen LogP contribution >= 0.6 is 0 Å². The number of aromatic nitrogens is 1. The zero-order valence-corrected chi connectivity index (χ0v) is 11.9. The van der Waals surface area contributed by atoms with Crippen molar-refractivity contribution in [2.24, 2.45) is 0 Å². The molecule has 1 aromatic carbocycles. The van der Waals surface area contributed by atoms with Crippen molar-refractivity contribution < 1.29 is 0 Å². The molecule has 2 nitrogen and oxygen atoms in total. The van der Waals surface area contributed by atoms with Gasteiger partial charge in [0.15, 0.2) is 0 Å². The Labute approximate surface area is 119 Å². The SMILES string of the molecule is Cc1ccc2cc(C3=CC4CCCC(C3)N4)ccc2n1. The second-order valence-electron chi connectivity index (χ2n) is 6.16. The molecule has 20 heavy (non-hydrogen) atoms. The van der Waals surface area contributed by atoms with Gasteiger partial charge in [0.05, 0.1) is 5.52 Å². The number of rotatable bonds is 1. The summed E-state index contributed by atoms with van der Waals surface area (Å²) in [6.45, 7) is 2.05. The molecule has 0 spiro atoms. The predicted molar refractivity (Wildman–Crippen MR) is 83.6 cm³/mol. The molecule has 102 valence electrons. The minimum absolute atomic E-state index is 0.587. The van der Waals surface area contributed by atoms with E-state index in [0.29, 0.717) is 12.1 Å². The third-order valence-corrected chi connectivity index (χ3v) is 4.59. The van der Waals surface area contributed by atoms with Crippen molar-refractivity contribution >= 4 is 16.5 Å². The van der Waals surface area contributed by atoms with E-state index in [2.05, 4.69) is 46.7 Å². The molecule has 2 aliphatic heterocycles. The summed E-state index contributed by atoms with van der Waals surface area (Å²) in [6, 6.07) is 12.2.